The molecule has 29 heavy (non-hydrogen) atoms. The lowest BCUT2D eigenvalue weighted by atomic mass is 10.0. The van der Waals surface area contributed by atoms with Crippen molar-refractivity contribution >= 4 is 12.2 Å². The van der Waals surface area contributed by atoms with Crippen LogP contribution in [0.1, 0.15) is 22.3 Å². The molecule has 0 aliphatic heterocycles. The lowest BCUT2D eigenvalue weighted by Gasteiger charge is -2.29. The summed E-state index contributed by atoms with van der Waals surface area (Å²) in [6, 6.07) is 17.2. The van der Waals surface area contributed by atoms with Crippen molar-refractivity contribution in [2.45, 2.75) is 25.0 Å². The first kappa shape index (κ1) is 23.1. The Morgan fingerprint density at radius 1 is 0.690 bits per heavy atom. The van der Waals surface area contributed by atoms with Crippen LogP contribution < -0.4 is 0 Å². The first-order chi connectivity index (χ1) is 13.9. The van der Waals surface area contributed by atoms with E-state index < -0.39 is 0 Å². The summed E-state index contributed by atoms with van der Waals surface area (Å²) in [6.45, 7) is 9.46. The number of benzene rings is 2. The fourth-order valence-electron chi connectivity index (χ4n) is 3.50. The number of ether oxygens (including phenoxy) is 1. The van der Waals surface area contributed by atoms with Gasteiger partial charge in [-0.25, -0.2) is 0 Å². The van der Waals surface area contributed by atoms with E-state index in [-0.39, 0.29) is 12.2 Å². The van der Waals surface area contributed by atoms with Crippen LogP contribution in [0.25, 0.3) is 12.2 Å². The van der Waals surface area contributed by atoms with E-state index in [1.165, 1.54) is 11.1 Å². The number of hydrogen-bond acceptors (Lipinski definition) is 3. The number of likely N-dealkylation sites (N-methyl/N-ethyl adjacent to an activating group) is 2. The molecule has 0 fully saturated rings. The van der Waals surface area contributed by atoms with Crippen molar-refractivity contribution in [2.24, 2.45) is 0 Å². The molecule has 3 nitrogen and oxygen atoms in total. The second kappa shape index (κ2) is 11.7. The van der Waals surface area contributed by atoms with Crippen LogP contribution >= 0.6 is 0 Å². The maximum atomic E-state index is 6.67. The van der Waals surface area contributed by atoms with E-state index in [4.69, 9.17) is 4.74 Å². The molecular weight excluding hydrogens is 356 g/mol. The van der Waals surface area contributed by atoms with E-state index in [9.17, 15) is 0 Å². The molecule has 0 saturated carbocycles. The predicted octanol–water partition coefficient (Wildman–Crippen LogP) is 4.63. The molecule has 3 heteroatoms. The van der Waals surface area contributed by atoms with Crippen molar-refractivity contribution in [2.75, 3.05) is 41.3 Å². The largest absolute Gasteiger partial charge is 0.372 e. The Morgan fingerprint density at radius 3 is 1.31 bits per heavy atom. The Balaban J connectivity index is 2.12. The molecule has 2 aromatic rings. The molecule has 0 aliphatic carbocycles. The highest BCUT2D eigenvalue weighted by atomic mass is 16.5. The minimum atomic E-state index is 0.136. The van der Waals surface area contributed by atoms with Gasteiger partial charge in [-0.05, 0) is 63.3 Å². The predicted molar refractivity (Wildman–Crippen MR) is 126 cm³/mol. The zero-order chi connectivity index (χ0) is 21.2. The van der Waals surface area contributed by atoms with Gasteiger partial charge >= 0.3 is 0 Å². The third-order valence-electron chi connectivity index (χ3n) is 4.88. The van der Waals surface area contributed by atoms with Gasteiger partial charge in [0.15, 0.2) is 0 Å². The minimum absolute atomic E-state index is 0.136. The molecule has 2 unspecified atom stereocenters. The van der Waals surface area contributed by atoms with Crippen molar-refractivity contribution in [3.8, 4) is 0 Å². The second-order valence-corrected chi connectivity index (χ2v) is 8.20. The van der Waals surface area contributed by atoms with Crippen LogP contribution in [-0.2, 0) is 17.6 Å². The van der Waals surface area contributed by atoms with Crippen LogP contribution in [0, 0.1) is 0 Å². The van der Waals surface area contributed by atoms with Crippen LogP contribution in [0.4, 0.5) is 0 Å². The molecule has 0 bridgehead atoms. The number of nitrogens with zero attached hydrogens (tertiary/aromatic N) is 2. The van der Waals surface area contributed by atoms with E-state index in [1.807, 2.05) is 12.2 Å². The Hall–Kier alpha value is -2.20. The monoisotopic (exact) mass is 392 g/mol. The number of hydrogen-bond donors (Lipinski definition) is 0. The van der Waals surface area contributed by atoms with Gasteiger partial charge in [0.05, 0.1) is 12.2 Å². The van der Waals surface area contributed by atoms with E-state index in [2.05, 4.69) is 99.7 Å². The molecule has 0 aromatic heterocycles. The molecule has 0 spiro atoms. The van der Waals surface area contributed by atoms with Gasteiger partial charge in [0, 0.05) is 13.1 Å². The molecule has 0 N–H and O–H groups in total. The maximum absolute atomic E-state index is 6.67. The first-order valence-corrected chi connectivity index (χ1v) is 10.3. The molecule has 0 radical (unpaired) electrons. The Morgan fingerprint density at radius 2 is 1.03 bits per heavy atom. The van der Waals surface area contributed by atoms with Crippen LogP contribution in [0.5, 0.6) is 0 Å². The van der Waals surface area contributed by atoms with E-state index in [0.717, 1.165) is 37.1 Å². The summed E-state index contributed by atoms with van der Waals surface area (Å²) >= 11 is 0. The zero-order valence-corrected chi connectivity index (χ0v) is 18.5. The summed E-state index contributed by atoms with van der Waals surface area (Å²) in [5.74, 6) is 0. The molecule has 2 aromatic carbocycles. The van der Waals surface area contributed by atoms with Crippen LogP contribution in [0.15, 0.2) is 61.7 Å². The molecular formula is C26H36N2O. The van der Waals surface area contributed by atoms with Crippen LogP contribution in [0.3, 0.4) is 0 Å². The van der Waals surface area contributed by atoms with Crippen molar-refractivity contribution in [1.82, 2.24) is 9.80 Å². The summed E-state index contributed by atoms with van der Waals surface area (Å²) in [5, 5.41) is 0. The average molecular weight is 393 g/mol. The summed E-state index contributed by atoms with van der Waals surface area (Å²) < 4.78 is 6.67. The van der Waals surface area contributed by atoms with Crippen molar-refractivity contribution < 1.29 is 4.74 Å². The third-order valence-corrected chi connectivity index (χ3v) is 4.88. The zero-order valence-electron chi connectivity index (χ0n) is 18.5. The smallest absolute Gasteiger partial charge is 0.0746 e. The Bertz CT molecular complexity index is 682. The Kier molecular flexibility index (Phi) is 9.33. The van der Waals surface area contributed by atoms with Gasteiger partial charge in [-0.15, -0.1) is 0 Å². The van der Waals surface area contributed by atoms with Gasteiger partial charge in [-0.2, -0.15) is 0 Å². The van der Waals surface area contributed by atoms with Gasteiger partial charge in [-0.1, -0.05) is 73.8 Å². The van der Waals surface area contributed by atoms with Gasteiger partial charge in [0.1, 0.15) is 0 Å². The van der Waals surface area contributed by atoms with E-state index >= 15 is 0 Å². The quantitative estimate of drug-likeness (QED) is 0.524. The third kappa shape index (κ3) is 8.36. The van der Waals surface area contributed by atoms with Crippen LogP contribution in [-0.4, -0.2) is 63.3 Å². The van der Waals surface area contributed by atoms with Gasteiger partial charge < -0.3 is 14.5 Å². The van der Waals surface area contributed by atoms with Crippen molar-refractivity contribution in [3.63, 3.8) is 0 Å². The van der Waals surface area contributed by atoms with E-state index in [1.54, 1.807) is 0 Å². The lowest BCUT2D eigenvalue weighted by Crippen LogP contribution is -2.38. The van der Waals surface area contributed by atoms with Gasteiger partial charge in [-0.3, -0.25) is 0 Å². The summed E-state index contributed by atoms with van der Waals surface area (Å²) in [5.41, 5.74) is 4.88. The normalized spacial score (nSPS) is 13.4. The maximum Gasteiger partial charge on any atom is 0.0746 e. The molecule has 0 saturated heterocycles. The van der Waals surface area contributed by atoms with Crippen molar-refractivity contribution in [1.29, 1.82) is 0 Å². The topological polar surface area (TPSA) is 15.7 Å². The highest BCUT2D eigenvalue weighted by Gasteiger charge is 2.19. The van der Waals surface area contributed by atoms with E-state index in [0.29, 0.717) is 0 Å². The summed E-state index contributed by atoms with van der Waals surface area (Å²) in [7, 11) is 8.41. The van der Waals surface area contributed by atoms with Gasteiger partial charge in [0.2, 0.25) is 0 Å². The molecule has 0 amide bonds. The average Bonchev–Trinajstić information content (AvgIpc) is 2.68. The highest BCUT2D eigenvalue weighted by molar-refractivity contribution is 5.47. The Labute approximate surface area is 177 Å². The molecule has 2 atom stereocenters. The number of rotatable bonds is 12. The first-order valence-electron chi connectivity index (χ1n) is 10.3. The van der Waals surface area contributed by atoms with Gasteiger partial charge in [0.25, 0.3) is 0 Å². The van der Waals surface area contributed by atoms with Crippen LogP contribution in [0.2, 0.25) is 0 Å². The molecule has 0 aliphatic rings. The fourth-order valence-corrected chi connectivity index (χ4v) is 3.50. The highest BCUT2D eigenvalue weighted by Crippen LogP contribution is 2.16. The van der Waals surface area contributed by atoms with Crippen molar-refractivity contribution in [3.05, 3.63) is 83.9 Å². The lowest BCUT2D eigenvalue weighted by molar-refractivity contribution is -0.0319. The molecule has 0 heterocycles. The minimum Gasteiger partial charge on any atom is -0.372 e. The summed E-state index contributed by atoms with van der Waals surface area (Å²) in [4.78, 5) is 4.41. The SMILES string of the molecule is C=Cc1ccc(CC(CN(C)C)OC(Cc2ccc(C=C)cc2)CN(C)C)cc1. The second-order valence-electron chi connectivity index (χ2n) is 8.20. The fraction of sp³-hybridized carbons (Fsp3) is 0.385. The summed E-state index contributed by atoms with van der Waals surface area (Å²) in [6.07, 6.45) is 5.82. The molecule has 2 rings (SSSR count). The standard InChI is InChI=1S/C26H36N2O/c1-7-21-9-13-23(14-10-21)17-25(19-27(3)4)29-26(20-28(5)6)18-24-15-11-22(8-2)12-16-24/h7-16,25-26H,1-2,17-20H2,3-6H3. The molecule has 156 valence electrons.